The number of carbonyl (C=O) groups excluding carboxylic acids is 1. The Morgan fingerprint density at radius 1 is 1.13 bits per heavy atom. The van der Waals surface area contributed by atoms with Gasteiger partial charge in [-0.25, -0.2) is 13.4 Å². The zero-order valence-corrected chi connectivity index (χ0v) is 17.7. The van der Waals surface area contributed by atoms with Crippen LogP contribution >= 0.6 is 0 Å². The van der Waals surface area contributed by atoms with Crippen LogP contribution in [0.3, 0.4) is 0 Å². The van der Waals surface area contributed by atoms with Crippen molar-refractivity contribution in [3.63, 3.8) is 0 Å². The number of carbonyl (C=O) groups is 1. The molecule has 0 aliphatic carbocycles. The minimum Gasteiger partial charge on any atom is -0.351 e. The summed E-state index contributed by atoms with van der Waals surface area (Å²) in [5.74, 6) is -0.0581. The van der Waals surface area contributed by atoms with Crippen LogP contribution in [-0.2, 0) is 21.4 Å². The van der Waals surface area contributed by atoms with Crippen LogP contribution in [0, 0.1) is 6.92 Å². The van der Waals surface area contributed by atoms with Crippen LogP contribution in [0.5, 0.6) is 0 Å². The first-order valence-corrected chi connectivity index (χ1v) is 11.3. The molecule has 3 aromatic rings. The number of H-pyrrole nitrogens is 1. The van der Waals surface area contributed by atoms with Crippen molar-refractivity contribution in [1.29, 1.82) is 0 Å². The van der Waals surface area contributed by atoms with E-state index in [-0.39, 0.29) is 17.3 Å². The summed E-state index contributed by atoms with van der Waals surface area (Å²) in [6, 6.07) is 11.4. The van der Waals surface area contributed by atoms with Gasteiger partial charge < -0.3 is 10.3 Å². The quantitative estimate of drug-likeness (QED) is 0.621. The maximum atomic E-state index is 13.1. The molecule has 158 valence electrons. The fraction of sp³-hybridized carbons (Fsp3) is 0.333. The Hall–Kier alpha value is -2.75. The predicted molar refractivity (Wildman–Crippen MR) is 114 cm³/mol. The number of aromatic nitrogens is 2. The molecule has 8 nitrogen and oxygen atoms in total. The van der Waals surface area contributed by atoms with Crippen LogP contribution < -0.4 is 5.32 Å². The van der Waals surface area contributed by atoms with Crippen LogP contribution in [0.4, 0.5) is 0 Å². The molecule has 1 amide bonds. The van der Waals surface area contributed by atoms with Gasteiger partial charge >= 0.3 is 0 Å². The normalized spacial score (nSPS) is 16.0. The summed E-state index contributed by atoms with van der Waals surface area (Å²) in [5.41, 5.74) is 2.79. The summed E-state index contributed by atoms with van der Waals surface area (Å²) in [4.78, 5) is 21.6. The van der Waals surface area contributed by atoms with E-state index in [1.54, 1.807) is 18.3 Å². The van der Waals surface area contributed by atoms with E-state index in [4.69, 9.17) is 0 Å². The molecule has 0 atom stereocenters. The number of hydrogen-bond donors (Lipinski definition) is 2. The maximum Gasteiger partial charge on any atom is 0.245 e. The van der Waals surface area contributed by atoms with Gasteiger partial charge in [0.15, 0.2) is 0 Å². The molecule has 30 heavy (non-hydrogen) atoms. The standard InChI is InChI=1S/C21H25N5O3S/c1-16-5-2-3-6-17(16)13-23-20(27)15-25-9-11-26(12-10-25)30(28,29)19-14-24-21-18(19)7-4-8-22-21/h2-8,14H,9-13,15H2,1H3,(H,22,24)(H,23,27). The number of aryl methyl sites for hydroxylation is 1. The molecule has 0 bridgehead atoms. The molecular formula is C21H25N5O3S. The average Bonchev–Trinajstić information content (AvgIpc) is 3.19. The van der Waals surface area contributed by atoms with Gasteiger partial charge in [0.25, 0.3) is 0 Å². The molecule has 1 aliphatic rings. The molecule has 1 aromatic carbocycles. The summed E-state index contributed by atoms with van der Waals surface area (Å²) in [6.45, 7) is 4.49. The lowest BCUT2D eigenvalue weighted by Gasteiger charge is -2.33. The van der Waals surface area contributed by atoms with Gasteiger partial charge in [0.1, 0.15) is 10.5 Å². The van der Waals surface area contributed by atoms with E-state index >= 15 is 0 Å². The third kappa shape index (κ3) is 4.23. The summed E-state index contributed by atoms with van der Waals surface area (Å²) in [7, 11) is -3.61. The van der Waals surface area contributed by atoms with Crippen LogP contribution in [0.2, 0.25) is 0 Å². The molecule has 1 aliphatic heterocycles. The second-order valence-electron chi connectivity index (χ2n) is 7.44. The van der Waals surface area contributed by atoms with Crippen molar-refractivity contribution < 1.29 is 13.2 Å². The van der Waals surface area contributed by atoms with Gasteiger partial charge in [0.2, 0.25) is 15.9 Å². The van der Waals surface area contributed by atoms with E-state index in [1.165, 1.54) is 10.5 Å². The first kappa shape index (κ1) is 20.5. The van der Waals surface area contributed by atoms with Crippen LogP contribution in [0.15, 0.2) is 53.7 Å². The molecule has 0 spiro atoms. The van der Waals surface area contributed by atoms with Crippen LogP contribution in [0.25, 0.3) is 11.0 Å². The Bertz CT molecular complexity index is 1150. The molecule has 9 heteroatoms. The number of benzene rings is 1. The minimum absolute atomic E-state index is 0.0581. The highest BCUT2D eigenvalue weighted by Gasteiger charge is 2.31. The SMILES string of the molecule is Cc1ccccc1CNC(=O)CN1CCN(S(=O)(=O)c2c[nH]c3ncccc23)CC1. The van der Waals surface area contributed by atoms with Gasteiger partial charge in [-0.2, -0.15) is 4.31 Å². The fourth-order valence-corrected chi connectivity index (χ4v) is 5.25. The largest absolute Gasteiger partial charge is 0.351 e. The summed E-state index contributed by atoms with van der Waals surface area (Å²) in [5, 5.41) is 3.54. The van der Waals surface area contributed by atoms with Crippen LogP contribution in [0.1, 0.15) is 11.1 Å². The third-order valence-electron chi connectivity index (χ3n) is 5.47. The first-order chi connectivity index (χ1) is 14.4. The molecule has 3 heterocycles. The van der Waals surface area contributed by atoms with Crippen molar-refractivity contribution in [1.82, 2.24) is 24.5 Å². The number of piperazine rings is 1. The zero-order chi connectivity index (χ0) is 21.1. The average molecular weight is 428 g/mol. The maximum absolute atomic E-state index is 13.1. The van der Waals surface area contributed by atoms with Crippen molar-refractivity contribution in [2.24, 2.45) is 0 Å². The first-order valence-electron chi connectivity index (χ1n) is 9.91. The highest BCUT2D eigenvalue weighted by molar-refractivity contribution is 7.89. The lowest BCUT2D eigenvalue weighted by Crippen LogP contribution is -2.50. The predicted octanol–water partition coefficient (Wildman–Crippen LogP) is 1.49. The Morgan fingerprint density at radius 3 is 2.67 bits per heavy atom. The molecular weight excluding hydrogens is 402 g/mol. The number of sulfonamides is 1. The molecule has 1 fully saturated rings. The lowest BCUT2D eigenvalue weighted by atomic mass is 10.1. The number of aromatic amines is 1. The number of fused-ring (bicyclic) bond motifs is 1. The lowest BCUT2D eigenvalue weighted by molar-refractivity contribution is -0.122. The van der Waals surface area contributed by atoms with Gasteiger partial charge in [-0.3, -0.25) is 9.69 Å². The Kier molecular flexibility index (Phi) is 5.85. The monoisotopic (exact) mass is 427 g/mol. The molecule has 0 saturated carbocycles. The van der Waals surface area contributed by atoms with Gasteiger partial charge in [0.05, 0.1) is 6.54 Å². The summed E-state index contributed by atoms with van der Waals surface area (Å²) >= 11 is 0. The number of rotatable bonds is 6. The van der Waals surface area contributed by atoms with E-state index in [0.717, 1.165) is 11.1 Å². The van der Waals surface area contributed by atoms with Crippen molar-refractivity contribution >= 4 is 27.0 Å². The summed E-state index contributed by atoms with van der Waals surface area (Å²) in [6.07, 6.45) is 3.12. The number of nitrogens with zero attached hydrogens (tertiary/aromatic N) is 3. The molecule has 0 radical (unpaired) electrons. The van der Waals surface area contributed by atoms with E-state index in [0.29, 0.717) is 43.8 Å². The highest BCUT2D eigenvalue weighted by atomic mass is 32.2. The third-order valence-corrected chi connectivity index (χ3v) is 7.41. The summed E-state index contributed by atoms with van der Waals surface area (Å²) < 4.78 is 27.6. The van der Waals surface area contributed by atoms with E-state index in [1.807, 2.05) is 36.1 Å². The fourth-order valence-electron chi connectivity index (χ4n) is 3.67. The Balaban J connectivity index is 1.32. The Morgan fingerprint density at radius 2 is 1.90 bits per heavy atom. The van der Waals surface area contributed by atoms with Crippen molar-refractivity contribution in [3.8, 4) is 0 Å². The molecule has 1 saturated heterocycles. The molecule has 4 rings (SSSR count). The number of hydrogen-bond acceptors (Lipinski definition) is 5. The molecule has 2 aromatic heterocycles. The molecule has 0 unspecified atom stereocenters. The van der Waals surface area contributed by atoms with E-state index in [9.17, 15) is 13.2 Å². The van der Waals surface area contributed by atoms with E-state index in [2.05, 4.69) is 15.3 Å². The minimum atomic E-state index is -3.61. The van der Waals surface area contributed by atoms with Crippen molar-refractivity contribution in [2.45, 2.75) is 18.4 Å². The molecule has 2 N–H and O–H groups in total. The van der Waals surface area contributed by atoms with Gasteiger partial charge in [-0.05, 0) is 30.2 Å². The Labute approximate surface area is 176 Å². The van der Waals surface area contributed by atoms with Gasteiger partial charge in [-0.1, -0.05) is 24.3 Å². The van der Waals surface area contributed by atoms with Crippen molar-refractivity contribution in [2.75, 3.05) is 32.7 Å². The van der Waals surface area contributed by atoms with E-state index < -0.39 is 10.0 Å². The number of nitrogens with one attached hydrogen (secondary N) is 2. The topological polar surface area (TPSA) is 98.4 Å². The zero-order valence-electron chi connectivity index (χ0n) is 16.8. The second kappa shape index (κ2) is 8.55. The van der Waals surface area contributed by atoms with Crippen LogP contribution in [-0.4, -0.2) is 66.2 Å². The number of pyridine rings is 1. The van der Waals surface area contributed by atoms with Gasteiger partial charge in [0, 0.05) is 50.5 Å². The number of amides is 1. The van der Waals surface area contributed by atoms with Gasteiger partial charge in [-0.15, -0.1) is 0 Å². The smallest absolute Gasteiger partial charge is 0.245 e. The highest BCUT2D eigenvalue weighted by Crippen LogP contribution is 2.25. The van der Waals surface area contributed by atoms with Crippen molar-refractivity contribution in [3.05, 3.63) is 59.9 Å². The second-order valence-corrected chi connectivity index (χ2v) is 9.34.